The highest BCUT2D eigenvalue weighted by atomic mass is 16.3. The summed E-state index contributed by atoms with van der Waals surface area (Å²) in [4.78, 5) is 5.31. The monoisotopic (exact) mass is 665 g/mol. The number of rotatable bonds is 4. The van der Waals surface area contributed by atoms with Crippen LogP contribution in [0.25, 0.3) is 89.0 Å². The SMILES string of the molecule is CC1(C)c2ccccc2-c2oc3c(-c4cccc(-c5cc(-c6ccccc6)cc(-c6ccc7ccccc7c6)n5)c4)cccc3c2-c2ccccc21. The summed E-state index contributed by atoms with van der Waals surface area (Å²) in [7, 11) is 0. The first-order valence-electron chi connectivity index (χ1n) is 18.0. The molecule has 9 aromatic rings. The predicted molar refractivity (Wildman–Crippen MR) is 216 cm³/mol. The van der Waals surface area contributed by atoms with Crippen molar-refractivity contribution in [1.82, 2.24) is 4.98 Å². The van der Waals surface area contributed by atoms with Crippen LogP contribution in [0, 0.1) is 0 Å². The lowest BCUT2D eigenvalue weighted by atomic mass is 9.75. The maximum Gasteiger partial charge on any atom is 0.143 e. The van der Waals surface area contributed by atoms with Crippen molar-refractivity contribution >= 4 is 21.7 Å². The Bertz CT molecular complexity index is 2820. The van der Waals surface area contributed by atoms with Gasteiger partial charge in [0.15, 0.2) is 0 Å². The lowest BCUT2D eigenvalue weighted by molar-refractivity contribution is 0.622. The number of para-hydroxylation sites is 1. The van der Waals surface area contributed by atoms with Crippen molar-refractivity contribution in [3.63, 3.8) is 0 Å². The van der Waals surface area contributed by atoms with Crippen LogP contribution in [0.15, 0.2) is 180 Å². The molecule has 0 bridgehead atoms. The Morgan fingerprint density at radius 2 is 1.02 bits per heavy atom. The number of furan rings is 1. The van der Waals surface area contributed by atoms with Gasteiger partial charge in [0.2, 0.25) is 0 Å². The zero-order valence-corrected chi connectivity index (χ0v) is 29.1. The van der Waals surface area contributed by atoms with Gasteiger partial charge >= 0.3 is 0 Å². The molecule has 0 fully saturated rings. The summed E-state index contributed by atoms with van der Waals surface area (Å²) in [6, 6.07) is 62.9. The molecule has 0 aliphatic heterocycles. The molecule has 1 aliphatic carbocycles. The van der Waals surface area contributed by atoms with Crippen molar-refractivity contribution in [2.24, 2.45) is 0 Å². The minimum atomic E-state index is -0.181. The molecule has 1 aliphatic rings. The number of aromatic nitrogens is 1. The number of hydrogen-bond donors (Lipinski definition) is 0. The molecule has 0 spiro atoms. The minimum Gasteiger partial charge on any atom is -0.455 e. The summed E-state index contributed by atoms with van der Waals surface area (Å²) >= 11 is 0. The average Bonchev–Trinajstić information content (AvgIpc) is 3.57. The summed E-state index contributed by atoms with van der Waals surface area (Å²) in [6.07, 6.45) is 0. The summed E-state index contributed by atoms with van der Waals surface area (Å²) in [6.45, 7) is 4.64. The van der Waals surface area contributed by atoms with Gasteiger partial charge < -0.3 is 4.42 Å². The second-order valence-corrected chi connectivity index (χ2v) is 14.3. The molecule has 0 N–H and O–H groups in total. The van der Waals surface area contributed by atoms with Gasteiger partial charge in [0.25, 0.3) is 0 Å². The highest BCUT2D eigenvalue weighted by Crippen LogP contribution is 2.53. The summed E-state index contributed by atoms with van der Waals surface area (Å²) in [5, 5.41) is 3.55. The van der Waals surface area contributed by atoms with Crippen LogP contribution in [-0.4, -0.2) is 4.98 Å². The van der Waals surface area contributed by atoms with E-state index >= 15 is 0 Å². The second kappa shape index (κ2) is 11.8. The van der Waals surface area contributed by atoms with Crippen LogP contribution in [0.4, 0.5) is 0 Å². The maximum absolute atomic E-state index is 7.05. The van der Waals surface area contributed by atoms with E-state index in [-0.39, 0.29) is 5.41 Å². The molecule has 0 amide bonds. The molecule has 0 unspecified atom stereocenters. The lowest BCUT2D eigenvalue weighted by Gasteiger charge is -2.28. The Morgan fingerprint density at radius 1 is 0.423 bits per heavy atom. The number of fused-ring (bicyclic) bond motifs is 8. The quantitative estimate of drug-likeness (QED) is 0.187. The Labute approximate surface area is 303 Å². The Kier molecular flexibility index (Phi) is 6.87. The van der Waals surface area contributed by atoms with Crippen LogP contribution in [0.3, 0.4) is 0 Å². The van der Waals surface area contributed by atoms with E-state index in [4.69, 9.17) is 9.40 Å². The third kappa shape index (κ3) is 4.83. The van der Waals surface area contributed by atoms with E-state index in [0.29, 0.717) is 0 Å². The molecule has 0 radical (unpaired) electrons. The molecule has 52 heavy (non-hydrogen) atoms. The molecular formula is C50H35NO. The summed E-state index contributed by atoms with van der Waals surface area (Å²) < 4.78 is 7.05. The van der Waals surface area contributed by atoms with Crippen LogP contribution >= 0.6 is 0 Å². The zero-order chi connectivity index (χ0) is 34.8. The third-order valence-corrected chi connectivity index (χ3v) is 10.9. The topological polar surface area (TPSA) is 26.0 Å². The highest BCUT2D eigenvalue weighted by molar-refractivity contribution is 6.08. The van der Waals surface area contributed by atoms with Crippen molar-refractivity contribution in [2.45, 2.75) is 19.3 Å². The first kappa shape index (κ1) is 30.3. The van der Waals surface area contributed by atoms with E-state index in [1.165, 1.54) is 33.0 Å². The van der Waals surface area contributed by atoms with Gasteiger partial charge in [-0.25, -0.2) is 4.98 Å². The largest absolute Gasteiger partial charge is 0.455 e. The first-order chi connectivity index (χ1) is 25.5. The number of benzene rings is 7. The molecule has 10 rings (SSSR count). The predicted octanol–water partition coefficient (Wildman–Crippen LogP) is 13.6. The fourth-order valence-electron chi connectivity index (χ4n) is 8.24. The standard InChI is InChI=1S/C50H35NO/c1-50(2)43-24-10-8-20-40(43)47-42-23-13-22-39(48(42)52-49(47)41-21-9-11-25-44(41)50)35-18-12-19-36(29-35)45-30-38(32-14-4-3-5-15-32)31-46(51-45)37-27-26-33-16-6-7-17-34(33)28-37/h3-31H,1-2H3. The van der Waals surface area contributed by atoms with Gasteiger partial charge in [-0.3, -0.25) is 0 Å². The van der Waals surface area contributed by atoms with Crippen LogP contribution in [0.1, 0.15) is 25.0 Å². The minimum absolute atomic E-state index is 0.181. The van der Waals surface area contributed by atoms with E-state index in [1.54, 1.807) is 0 Å². The first-order valence-corrected chi connectivity index (χ1v) is 18.0. The van der Waals surface area contributed by atoms with E-state index in [9.17, 15) is 0 Å². The van der Waals surface area contributed by atoms with Crippen molar-refractivity contribution in [3.05, 3.63) is 187 Å². The van der Waals surface area contributed by atoms with Crippen molar-refractivity contribution in [2.75, 3.05) is 0 Å². The van der Waals surface area contributed by atoms with E-state index in [2.05, 4.69) is 190 Å². The van der Waals surface area contributed by atoms with Crippen LogP contribution < -0.4 is 0 Å². The normalized spacial score (nSPS) is 13.0. The third-order valence-electron chi connectivity index (χ3n) is 10.9. The number of nitrogens with zero attached hydrogens (tertiary/aromatic N) is 1. The van der Waals surface area contributed by atoms with Crippen LogP contribution in [0.2, 0.25) is 0 Å². The highest BCUT2D eigenvalue weighted by Gasteiger charge is 2.35. The second-order valence-electron chi connectivity index (χ2n) is 14.3. The van der Waals surface area contributed by atoms with Crippen LogP contribution in [0.5, 0.6) is 0 Å². The average molecular weight is 666 g/mol. The van der Waals surface area contributed by atoms with Gasteiger partial charge in [-0.1, -0.05) is 166 Å². The van der Waals surface area contributed by atoms with E-state index in [0.717, 1.165) is 67.1 Å². The molecular weight excluding hydrogens is 631 g/mol. The Morgan fingerprint density at radius 3 is 1.83 bits per heavy atom. The van der Waals surface area contributed by atoms with Crippen molar-refractivity contribution < 1.29 is 4.42 Å². The smallest absolute Gasteiger partial charge is 0.143 e. The maximum atomic E-state index is 7.05. The molecule has 7 aromatic carbocycles. The molecule has 246 valence electrons. The molecule has 0 saturated carbocycles. The molecule has 0 saturated heterocycles. The summed E-state index contributed by atoms with van der Waals surface area (Å²) in [5.41, 5.74) is 15.3. The van der Waals surface area contributed by atoms with Crippen LogP contribution in [-0.2, 0) is 5.41 Å². The molecule has 0 atom stereocenters. The lowest BCUT2D eigenvalue weighted by Crippen LogP contribution is -2.19. The fourth-order valence-corrected chi connectivity index (χ4v) is 8.24. The Balaban J connectivity index is 1.15. The van der Waals surface area contributed by atoms with Crippen molar-refractivity contribution in [3.8, 4) is 67.2 Å². The van der Waals surface area contributed by atoms with E-state index < -0.39 is 0 Å². The molecule has 2 heterocycles. The van der Waals surface area contributed by atoms with Gasteiger partial charge in [0.05, 0.1) is 11.4 Å². The van der Waals surface area contributed by atoms with Gasteiger partial charge in [0, 0.05) is 38.6 Å². The number of hydrogen-bond acceptors (Lipinski definition) is 2. The van der Waals surface area contributed by atoms with Gasteiger partial charge in [-0.15, -0.1) is 0 Å². The zero-order valence-electron chi connectivity index (χ0n) is 29.1. The van der Waals surface area contributed by atoms with E-state index in [1.807, 2.05) is 0 Å². The van der Waals surface area contributed by atoms with Gasteiger partial charge in [-0.2, -0.15) is 0 Å². The molecule has 2 aromatic heterocycles. The fraction of sp³-hybridized carbons (Fsp3) is 0.0600. The Hall–Kier alpha value is -6.51. The summed E-state index contributed by atoms with van der Waals surface area (Å²) in [5.74, 6) is 0.935. The molecule has 2 heteroatoms. The van der Waals surface area contributed by atoms with Crippen molar-refractivity contribution in [1.29, 1.82) is 0 Å². The van der Waals surface area contributed by atoms with Gasteiger partial charge in [-0.05, 0) is 68.4 Å². The molecule has 2 nitrogen and oxygen atoms in total. The number of pyridine rings is 1. The van der Waals surface area contributed by atoms with Gasteiger partial charge in [0.1, 0.15) is 11.3 Å².